The van der Waals surface area contributed by atoms with E-state index in [1.165, 1.54) is 9.71 Å². The topological polar surface area (TPSA) is 33.2 Å². The van der Waals surface area contributed by atoms with Crippen LogP contribution in [-0.2, 0) is 4.79 Å². The van der Waals surface area contributed by atoms with Gasteiger partial charge in [-0.1, -0.05) is 24.3 Å². The number of hydrogen-bond donors (Lipinski definition) is 0. The summed E-state index contributed by atoms with van der Waals surface area (Å²) < 4.78 is 1.27. The molecule has 23 heavy (non-hydrogen) atoms. The molecular weight excluding hydrogens is 304 g/mol. The van der Waals surface area contributed by atoms with E-state index in [2.05, 4.69) is 35.3 Å². The Morgan fingerprint density at radius 1 is 1.13 bits per heavy atom. The molecule has 4 rings (SSSR count). The van der Waals surface area contributed by atoms with Gasteiger partial charge in [0.2, 0.25) is 5.91 Å². The fraction of sp³-hybridized carbons (Fsp3) is 0.474. The molecule has 120 valence electrons. The van der Waals surface area contributed by atoms with E-state index in [0.717, 1.165) is 50.7 Å². The van der Waals surface area contributed by atoms with Gasteiger partial charge >= 0.3 is 0 Å². The van der Waals surface area contributed by atoms with Crippen molar-refractivity contribution < 1.29 is 4.79 Å². The van der Waals surface area contributed by atoms with Crippen molar-refractivity contribution in [3.8, 4) is 0 Å². The van der Waals surface area contributed by atoms with Gasteiger partial charge in [0, 0.05) is 24.9 Å². The molecule has 0 unspecified atom stereocenters. The first-order chi connectivity index (χ1) is 11.3. The molecule has 0 saturated carbocycles. The predicted molar refractivity (Wildman–Crippen MR) is 94.7 cm³/mol. The molecule has 1 fully saturated rings. The van der Waals surface area contributed by atoms with Crippen molar-refractivity contribution in [1.82, 2.24) is 9.88 Å². The van der Waals surface area contributed by atoms with Crippen LogP contribution >= 0.6 is 11.3 Å². The van der Waals surface area contributed by atoms with Gasteiger partial charge in [0.25, 0.3) is 0 Å². The third kappa shape index (κ3) is 3.05. The highest BCUT2D eigenvalue weighted by Gasteiger charge is 2.29. The number of thiazole rings is 1. The van der Waals surface area contributed by atoms with Crippen molar-refractivity contribution in [2.24, 2.45) is 5.92 Å². The van der Waals surface area contributed by atoms with Crippen LogP contribution < -0.4 is 0 Å². The van der Waals surface area contributed by atoms with Gasteiger partial charge in [0.15, 0.2) is 0 Å². The molecule has 2 aliphatic rings. The van der Waals surface area contributed by atoms with Gasteiger partial charge in [-0.25, -0.2) is 4.98 Å². The summed E-state index contributed by atoms with van der Waals surface area (Å²) >= 11 is 1.82. The molecule has 4 heteroatoms. The number of fused-ring (bicyclic) bond motifs is 1. The van der Waals surface area contributed by atoms with E-state index in [1.807, 2.05) is 17.4 Å². The van der Waals surface area contributed by atoms with Crippen molar-refractivity contribution >= 4 is 27.5 Å². The van der Waals surface area contributed by atoms with E-state index in [9.17, 15) is 4.79 Å². The van der Waals surface area contributed by atoms with Crippen LogP contribution in [0.1, 0.15) is 43.0 Å². The Labute approximate surface area is 141 Å². The van der Waals surface area contributed by atoms with Gasteiger partial charge in [-0.15, -0.1) is 11.3 Å². The molecule has 2 heterocycles. The highest BCUT2D eigenvalue weighted by atomic mass is 32.1. The Bertz CT molecular complexity index is 695. The predicted octanol–water partition coefficient (Wildman–Crippen LogP) is 4.36. The van der Waals surface area contributed by atoms with Crippen molar-refractivity contribution in [3.63, 3.8) is 0 Å². The quantitative estimate of drug-likeness (QED) is 0.768. The van der Waals surface area contributed by atoms with E-state index < -0.39 is 0 Å². The lowest BCUT2D eigenvalue weighted by molar-refractivity contribution is -0.136. The largest absolute Gasteiger partial charge is 0.342 e. The zero-order valence-electron chi connectivity index (χ0n) is 13.3. The minimum atomic E-state index is 0.221. The Hall–Kier alpha value is -1.68. The number of piperidine rings is 1. The number of rotatable bonds is 2. The normalized spacial score (nSPS) is 22.6. The van der Waals surface area contributed by atoms with Gasteiger partial charge in [-0.05, 0) is 44.2 Å². The van der Waals surface area contributed by atoms with Crippen molar-refractivity contribution in [2.45, 2.75) is 38.0 Å². The first kappa shape index (κ1) is 14.9. The zero-order chi connectivity index (χ0) is 15.6. The van der Waals surface area contributed by atoms with Crippen LogP contribution in [0.5, 0.6) is 0 Å². The van der Waals surface area contributed by atoms with Gasteiger partial charge < -0.3 is 4.90 Å². The first-order valence-corrected chi connectivity index (χ1v) is 9.42. The Morgan fingerprint density at radius 2 is 1.96 bits per heavy atom. The molecule has 1 aromatic heterocycles. The Balaban J connectivity index is 1.40. The summed E-state index contributed by atoms with van der Waals surface area (Å²) in [5, 5.41) is 1.25. The fourth-order valence-corrected chi connectivity index (χ4v) is 4.82. The van der Waals surface area contributed by atoms with Gasteiger partial charge in [-0.2, -0.15) is 0 Å². The number of allylic oxidation sites excluding steroid dienone is 2. The second-order valence-corrected chi connectivity index (χ2v) is 7.66. The molecule has 1 aliphatic heterocycles. The number of benzene rings is 1. The van der Waals surface area contributed by atoms with E-state index >= 15 is 0 Å². The summed E-state index contributed by atoms with van der Waals surface area (Å²) in [4.78, 5) is 19.5. The molecule has 0 N–H and O–H groups in total. The number of para-hydroxylation sites is 1. The molecule has 1 aliphatic carbocycles. The number of nitrogens with zero attached hydrogens (tertiary/aromatic N) is 2. The van der Waals surface area contributed by atoms with Crippen LogP contribution in [0.2, 0.25) is 0 Å². The maximum absolute atomic E-state index is 12.6. The first-order valence-electron chi connectivity index (χ1n) is 8.60. The monoisotopic (exact) mass is 326 g/mol. The maximum atomic E-state index is 12.6. The van der Waals surface area contributed by atoms with Crippen molar-refractivity contribution in [1.29, 1.82) is 0 Å². The van der Waals surface area contributed by atoms with E-state index in [1.54, 1.807) is 0 Å². The molecule has 0 radical (unpaired) electrons. The van der Waals surface area contributed by atoms with Crippen molar-refractivity contribution in [2.75, 3.05) is 13.1 Å². The third-order valence-electron chi connectivity index (χ3n) is 5.08. The second-order valence-electron chi connectivity index (χ2n) is 6.60. The standard InChI is InChI=1S/C19H22N2OS/c22-19(15-6-2-1-3-7-15)21-12-10-14(11-13-21)18-20-16-8-4-5-9-17(16)23-18/h1-2,4-5,8-9,14-15H,3,6-7,10-13H2/t15-/m1/s1. The summed E-state index contributed by atoms with van der Waals surface area (Å²) in [5.41, 5.74) is 1.11. The number of amides is 1. The number of aromatic nitrogens is 1. The van der Waals surface area contributed by atoms with Gasteiger partial charge in [0.1, 0.15) is 0 Å². The highest BCUT2D eigenvalue weighted by molar-refractivity contribution is 7.18. The van der Waals surface area contributed by atoms with Crippen LogP contribution in [0.4, 0.5) is 0 Å². The minimum absolute atomic E-state index is 0.221. The third-order valence-corrected chi connectivity index (χ3v) is 6.28. The lowest BCUT2D eigenvalue weighted by atomic mass is 9.91. The molecule has 3 nitrogen and oxygen atoms in total. The SMILES string of the molecule is O=C([C@@H]1CC=CCC1)N1CCC(c2nc3ccccc3s2)CC1. The average molecular weight is 326 g/mol. The molecule has 1 amide bonds. The molecular formula is C19H22N2OS. The summed E-state index contributed by atoms with van der Waals surface area (Å²) in [7, 11) is 0. The highest BCUT2D eigenvalue weighted by Crippen LogP contribution is 2.34. The van der Waals surface area contributed by atoms with E-state index in [0.29, 0.717) is 11.8 Å². The molecule has 1 saturated heterocycles. The smallest absolute Gasteiger partial charge is 0.226 e. The minimum Gasteiger partial charge on any atom is -0.342 e. The lowest BCUT2D eigenvalue weighted by Gasteiger charge is -2.34. The maximum Gasteiger partial charge on any atom is 0.226 e. The van der Waals surface area contributed by atoms with Gasteiger partial charge in [-0.3, -0.25) is 4.79 Å². The molecule has 0 spiro atoms. The number of carbonyl (C=O) groups excluding carboxylic acids is 1. The van der Waals surface area contributed by atoms with E-state index in [4.69, 9.17) is 4.98 Å². The lowest BCUT2D eigenvalue weighted by Crippen LogP contribution is -2.41. The molecule has 2 aromatic rings. The fourth-order valence-electron chi connectivity index (χ4n) is 3.69. The Morgan fingerprint density at radius 3 is 2.70 bits per heavy atom. The summed E-state index contributed by atoms with van der Waals surface area (Å²) in [5.74, 6) is 1.11. The van der Waals surface area contributed by atoms with Crippen LogP contribution in [0.15, 0.2) is 36.4 Å². The Kier molecular flexibility index (Phi) is 4.17. The van der Waals surface area contributed by atoms with E-state index in [-0.39, 0.29) is 5.92 Å². The van der Waals surface area contributed by atoms with Crippen LogP contribution in [0.25, 0.3) is 10.2 Å². The molecule has 1 aromatic carbocycles. The van der Waals surface area contributed by atoms with Crippen LogP contribution in [0.3, 0.4) is 0 Å². The average Bonchev–Trinajstić information content (AvgIpc) is 3.06. The number of likely N-dealkylation sites (tertiary alicyclic amines) is 1. The second kappa shape index (κ2) is 6.44. The molecule has 1 atom stereocenters. The molecule has 0 bridgehead atoms. The summed E-state index contributed by atoms with van der Waals surface area (Å²) in [6.45, 7) is 1.78. The summed E-state index contributed by atoms with van der Waals surface area (Å²) in [6, 6.07) is 8.35. The van der Waals surface area contributed by atoms with Gasteiger partial charge in [0.05, 0.1) is 15.2 Å². The van der Waals surface area contributed by atoms with Crippen LogP contribution in [-0.4, -0.2) is 28.9 Å². The summed E-state index contributed by atoms with van der Waals surface area (Å²) in [6.07, 6.45) is 9.47. The van der Waals surface area contributed by atoms with Crippen LogP contribution in [0, 0.1) is 5.92 Å². The van der Waals surface area contributed by atoms with Crippen molar-refractivity contribution in [3.05, 3.63) is 41.4 Å². The zero-order valence-corrected chi connectivity index (χ0v) is 14.1. The number of hydrogen-bond acceptors (Lipinski definition) is 3. The number of carbonyl (C=O) groups is 1.